The van der Waals surface area contributed by atoms with Crippen molar-refractivity contribution < 1.29 is 13.2 Å². The highest BCUT2D eigenvalue weighted by atomic mass is 32.2. The van der Waals surface area contributed by atoms with Gasteiger partial charge < -0.3 is 4.90 Å². The number of sulfonamides is 1. The minimum absolute atomic E-state index is 0.0761. The molecule has 0 bridgehead atoms. The van der Waals surface area contributed by atoms with Crippen LogP contribution in [0, 0.1) is 12.8 Å². The van der Waals surface area contributed by atoms with Crippen LogP contribution in [-0.4, -0.2) is 39.4 Å². The normalized spacial score (nSPS) is 15.9. The predicted octanol–water partition coefficient (Wildman–Crippen LogP) is 3.75. The molecular weight excluding hydrogens is 368 g/mol. The maximum atomic E-state index is 12.9. The van der Waals surface area contributed by atoms with Crippen molar-refractivity contribution >= 4 is 33.0 Å². The van der Waals surface area contributed by atoms with E-state index in [-0.39, 0.29) is 10.1 Å². The Morgan fingerprint density at radius 3 is 2.58 bits per heavy atom. The molecule has 3 rings (SSSR count). The Balaban J connectivity index is 1.81. The molecule has 140 valence electrons. The lowest BCUT2D eigenvalue weighted by Gasteiger charge is -2.30. The van der Waals surface area contributed by atoms with Crippen molar-refractivity contribution in [1.82, 2.24) is 4.90 Å². The molecule has 2 heterocycles. The molecule has 7 heteroatoms. The average Bonchev–Trinajstić information content (AvgIpc) is 3.12. The number of carbonyl (C=O) groups is 1. The number of nitrogens with zero attached hydrogens (tertiary/aromatic N) is 2. The van der Waals surface area contributed by atoms with E-state index in [2.05, 4.69) is 6.92 Å². The number of benzene rings is 1. The molecule has 5 nitrogen and oxygen atoms in total. The number of carbonyl (C=O) groups excluding carboxylic acids is 1. The Bertz CT molecular complexity index is 897. The second-order valence-corrected chi connectivity index (χ2v) is 10.0. The van der Waals surface area contributed by atoms with E-state index >= 15 is 0 Å². The van der Waals surface area contributed by atoms with Crippen molar-refractivity contribution in [3.05, 3.63) is 46.8 Å². The number of anilines is 1. The Morgan fingerprint density at radius 2 is 1.92 bits per heavy atom. The van der Waals surface area contributed by atoms with E-state index in [1.165, 1.54) is 17.4 Å². The average molecular weight is 393 g/mol. The van der Waals surface area contributed by atoms with Crippen molar-refractivity contribution in [2.24, 2.45) is 5.92 Å². The zero-order chi connectivity index (χ0) is 18.9. The minimum atomic E-state index is -3.68. The predicted molar refractivity (Wildman–Crippen MR) is 105 cm³/mol. The number of hydrogen-bond donors (Lipinski definition) is 0. The Labute approximate surface area is 159 Å². The minimum Gasteiger partial charge on any atom is -0.339 e. The number of thiophene rings is 1. The maximum Gasteiger partial charge on any atom is 0.273 e. The molecule has 0 N–H and O–H groups in total. The van der Waals surface area contributed by atoms with Gasteiger partial charge in [-0.2, -0.15) is 0 Å². The van der Waals surface area contributed by atoms with Crippen LogP contribution in [0.25, 0.3) is 0 Å². The third-order valence-corrected chi connectivity index (χ3v) is 8.07. The summed E-state index contributed by atoms with van der Waals surface area (Å²) in [7, 11) is -2.14. The quantitative estimate of drug-likeness (QED) is 0.796. The van der Waals surface area contributed by atoms with Crippen molar-refractivity contribution in [2.45, 2.75) is 30.9 Å². The monoisotopic (exact) mass is 392 g/mol. The first-order valence-corrected chi connectivity index (χ1v) is 11.0. The van der Waals surface area contributed by atoms with E-state index in [1.807, 2.05) is 30.0 Å². The molecule has 0 atom stereocenters. The number of rotatable bonds is 4. The smallest absolute Gasteiger partial charge is 0.273 e. The van der Waals surface area contributed by atoms with E-state index < -0.39 is 10.0 Å². The lowest BCUT2D eigenvalue weighted by Crippen LogP contribution is -2.37. The highest BCUT2D eigenvalue weighted by Crippen LogP contribution is 2.28. The molecule has 1 saturated heterocycles. The fourth-order valence-corrected chi connectivity index (χ4v) is 5.57. The highest BCUT2D eigenvalue weighted by molar-refractivity contribution is 7.94. The number of likely N-dealkylation sites (tertiary alicyclic amines) is 1. The third kappa shape index (κ3) is 3.78. The van der Waals surface area contributed by atoms with Crippen LogP contribution in [0.1, 0.15) is 35.7 Å². The van der Waals surface area contributed by atoms with E-state index in [0.29, 0.717) is 17.2 Å². The molecule has 0 saturated carbocycles. The second kappa shape index (κ2) is 7.40. The molecule has 0 unspecified atom stereocenters. The van der Waals surface area contributed by atoms with Crippen molar-refractivity contribution in [2.75, 3.05) is 24.4 Å². The van der Waals surface area contributed by atoms with Gasteiger partial charge >= 0.3 is 0 Å². The van der Waals surface area contributed by atoms with Crippen molar-refractivity contribution in [3.63, 3.8) is 0 Å². The Hall–Kier alpha value is -1.86. The summed E-state index contributed by atoms with van der Waals surface area (Å²) in [5.41, 5.74) is 2.06. The number of hydrogen-bond acceptors (Lipinski definition) is 4. The summed E-state index contributed by atoms with van der Waals surface area (Å²) in [6, 6.07) is 8.85. The van der Waals surface area contributed by atoms with E-state index in [9.17, 15) is 13.2 Å². The molecule has 1 fully saturated rings. The number of amides is 1. The van der Waals surface area contributed by atoms with Gasteiger partial charge in [0.25, 0.3) is 15.9 Å². The molecule has 1 amide bonds. The van der Waals surface area contributed by atoms with E-state index in [0.717, 1.165) is 42.8 Å². The molecule has 1 aliphatic heterocycles. The number of piperidine rings is 1. The first-order chi connectivity index (χ1) is 12.3. The molecule has 26 heavy (non-hydrogen) atoms. The van der Waals surface area contributed by atoms with Gasteiger partial charge in [0, 0.05) is 25.5 Å². The highest BCUT2D eigenvalue weighted by Gasteiger charge is 2.27. The van der Waals surface area contributed by atoms with Gasteiger partial charge in [-0.05, 0) is 49.4 Å². The summed E-state index contributed by atoms with van der Waals surface area (Å²) >= 11 is 1.10. The van der Waals surface area contributed by atoms with E-state index in [1.54, 1.807) is 11.4 Å². The van der Waals surface area contributed by atoms with Gasteiger partial charge in [-0.3, -0.25) is 9.10 Å². The zero-order valence-electron chi connectivity index (χ0n) is 15.3. The molecular formula is C19H24N2O3S2. The van der Waals surface area contributed by atoms with Crippen LogP contribution in [0.2, 0.25) is 0 Å². The van der Waals surface area contributed by atoms with Crippen LogP contribution in [0.4, 0.5) is 5.69 Å². The number of aryl methyl sites for hydroxylation is 1. The van der Waals surface area contributed by atoms with E-state index in [4.69, 9.17) is 0 Å². The third-order valence-electron chi connectivity index (χ3n) is 4.87. The van der Waals surface area contributed by atoms with Crippen LogP contribution >= 0.6 is 11.3 Å². The van der Waals surface area contributed by atoms with Gasteiger partial charge in [0.2, 0.25) is 0 Å². The molecule has 1 aromatic carbocycles. The van der Waals surface area contributed by atoms with Crippen LogP contribution < -0.4 is 4.31 Å². The maximum absolute atomic E-state index is 12.9. The summed E-state index contributed by atoms with van der Waals surface area (Å²) in [6.07, 6.45) is 1.99. The molecule has 1 aliphatic rings. The molecule has 0 spiro atoms. The fraction of sp³-hybridized carbons (Fsp3) is 0.421. The molecule has 0 radical (unpaired) electrons. The Morgan fingerprint density at radius 1 is 1.23 bits per heavy atom. The Kier molecular flexibility index (Phi) is 5.39. The van der Waals surface area contributed by atoms with Crippen LogP contribution in [0.3, 0.4) is 0 Å². The van der Waals surface area contributed by atoms with Crippen molar-refractivity contribution in [1.29, 1.82) is 0 Å². The van der Waals surface area contributed by atoms with Crippen LogP contribution in [0.5, 0.6) is 0 Å². The zero-order valence-corrected chi connectivity index (χ0v) is 16.9. The lowest BCUT2D eigenvalue weighted by molar-refractivity contribution is 0.0697. The lowest BCUT2D eigenvalue weighted by atomic mass is 9.99. The second-order valence-electron chi connectivity index (χ2n) is 6.94. The summed E-state index contributed by atoms with van der Waals surface area (Å²) < 4.78 is 27.3. The topological polar surface area (TPSA) is 57.7 Å². The first kappa shape index (κ1) is 18.9. The first-order valence-electron chi connectivity index (χ1n) is 8.72. The van der Waals surface area contributed by atoms with Crippen LogP contribution in [-0.2, 0) is 10.0 Å². The largest absolute Gasteiger partial charge is 0.339 e. The van der Waals surface area contributed by atoms with Gasteiger partial charge in [0.15, 0.2) is 0 Å². The van der Waals surface area contributed by atoms with Gasteiger partial charge in [-0.1, -0.05) is 19.1 Å². The summed E-state index contributed by atoms with van der Waals surface area (Å²) in [4.78, 5) is 14.5. The molecule has 0 aliphatic carbocycles. The van der Waals surface area contributed by atoms with Crippen LogP contribution in [0.15, 0.2) is 39.9 Å². The van der Waals surface area contributed by atoms with Gasteiger partial charge in [-0.25, -0.2) is 8.42 Å². The SMILES string of the molecule is Cc1cccc(N(C)S(=O)(=O)c2cc(C(=O)N3CCC(C)CC3)cs2)c1. The summed E-state index contributed by atoms with van der Waals surface area (Å²) in [5, 5.41) is 1.65. The summed E-state index contributed by atoms with van der Waals surface area (Å²) in [5.74, 6) is 0.563. The van der Waals surface area contributed by atoms with Crippen molar-refractivity contribution in [3.8, 4) is 0 Å². The summed E-state index contributed by atoms with van der Waals surface area (Å²) in [6.45, 7) is 5.59. The standard InChI is InChI=1S/C19H24N2O3S2/c1-14-7-9-21(10-8-14)19(22)16-12-18(25-13-16)26(23,24)20(3)17-6-4-5-15(2)11-17/h4-6,11-14H,7-10H2,1-3H3. The fourth-order valence-electron chi connectivity index (χ4n) is 3.06. The molecule has 2 aromatic rings. The van der Waals surface area contributed by atoms with Gasteiger partial charge in [0.1, 0.15) is 4.21 Å². The van der Waals surface area contributed by atoms with Gasteiger partial charge in [-0.15, -0.1) is 11.3 Å². The molecule has 1 aromatic heterocycles. The van der Waals surface area contributed by atoms with Gasteiger partial charge in [0.05, 0.1) is 11.3 Å².